The summed E-state index contributed by atoms with van der Waals surface area (Å²) in [6.45, 7) is 5.04. The number of thiazole rings is 1. The molecule has 232 valence electrons. The van der Waals surface area contributed by atoms with Gasteiger partial charge in [0.25, 0.3) is 5.91 Å². The molecule has 1 saturated heterocycles. The van der Waals surface area contributed by atoms with E-state index in [1.54, 1.807) is 15.9 Å². The maximum absolute atomic E-state index is 16.6. The van der Waals surface area contributed by atoms with E-state index in [0.29, 0.717) is 42.3 Å². The molecule has 2 aliphatic heterocycles. The number of nitriles is 1. The number of halogens is 5. The number of hydrogen-bond acceptors (Lipinski definition) is 8. The van der Waals surface area contributed by atoms with Gasteiger partial charge >= 0.3 is 6.18 Å². The molecule has 4 heterocycles. The maximum Gasteiger partial charge on any atom is 0.417 e. The average Bonchev–Trinajstić information content (AvgIpc) is 3.46. The molecule has 0 unspecified atom stereocenters. The van der Waals surface area contributed by atoms with Crippen LogP contribution in [0.2, 0.25) is 0 Å². The molecule has 0 bridgehead atoms. The SMILES string of the molecule is C[C@@H]1CN(c2cc(F)c(C3=CCCN(c4ncc(C#N)s4)C3)c(F)c2NC(=O)c2c[nH]c(=O)cc2C(F)(F)F)C[C@H](C)N1C. The topological polar surface area (TPSA) is 108 Å². The number of alkyl halides is 3. The molecule has 1 aromatic carbocycles. The number of carbonyl (C=O) groups excluding carboxylic acids is 1. The molecular weight excluding hydrogens is 605 g/mol. The fourth-order valence-electron chi connectivity index (χ4n) is 5.50. The smallest absolute Gasteiger partial charge is 0.367 e. The number of benzene rings is 1. The first-order valence-electron chi connectivity index (χ1n) is 13.7. The van der Waals surface area contributed by atoms with E-state index in [1.807, 2.05) is 27.0 Å². The Kier molecular flexibility index (Phi) is 8.50. The van der Waals surface area contributed by atoms with Crippen molar-refractivity contribution < 1.29 is 26.7 Å². The zero-order valence-corrected chi connectivity index (χ0v) is 24.7. The van der Waals surface area contributed by atoms with Gasteiger partial charge in [0.05, 0.1) is 28.6 Å². The first kappa shape index (κ1) is 31.1. The van der Waals surface area contributed by atoms with Crippen LogP contribution in [0.1, 0.15) is 46.6 Å². The molecule has 1 fully saturated rings. The van der Waals surface area contributed by atoms with Crippen molar-refractivity contribution in [3.8, 4) is 6.07 Å². The highest BCUT2D eigenvalue weighted by Gasteiger charge is 2.37. The van der Waals surface area contributed by atoms with Crippen molar-refractivity contribution in [2.45, 2.75) is 38.5 Å². The van der Waals surface area contributed by atoms with E-state index in [4.69, 9.17) is 5.26 Å². The lowest BCUT2D eigenvalue weighted by Crippen LogP contribution is -2.55. The zero-order chi connectivity index (χ0) is 31.9. The lowest BCUT2D eigenvalue weighted by Gasteiger charge is -2.44. The number of H-pyrrole nitrogens is 1. The van der Waals surface area contributed by atoms with Crippen molar-refractivity contribution in [1.82, 2.24) is 14.9 Å². The van der Waals surface area contributed by atoms with Crippen molar-refractivity contribution in [3.05, 3.63) is 74.2 Å². The van der Waals surface area contributed by atoms with Crippen LogP contribution in [0.5, 0.6) is 0 Å². The second-order valence-corrected chi connectivity index (χ2v) is 11.9. The van der Waals surface area contributed by atoms with Crippen LogP contribution in [0.3, 0.4) is 0 Å². The van der Waals surface area contributed by atoms with Gasteiger partial charge in [0.2, 0.25) is 5.56 Å². The predicted octanol–water partition coefficient (Wildman–Crippen LogP) is 5.07. The molecule has 0 spiro atoms. The summed E-state index contributed by atoms with van der Waals surface area (Å²) in [5.41, 5.74) is -4.16. The van der Waals surface area contributed by atoms with E-state index >= 15 is 8.78 Å². The van der Waals surface area contributed by atoms with Crippen molar-refractivity contribution in [1.29, 1.82) is 5.26 Å². The molecule has 15 heteroatoms. The molecule has 0 aliphatic carbocycles. The monoisotopic (exact) mass is 633 g/mol. The molecule has 1 amide bonds. The number of nitrogens with zero attached hydrogens (tertiary/aromatic N) is 5. The minimum absolute atomic E-state index is 0.0197. The number of rotatable bonds is 5. The van der Waals surface area contributed by atoms with E-state index in [1.165, 1.54) is 6.20 Å². The molecule has 9 nitrogen and oxygen atoms in total. The number of nitrogens with one attached hydrogen (secondary N) is 2. The Labute approximate surface area is 253 Å². The summed E-state index contributed by atoms with van der Waals surface area (Å²) in [5, 5.41) is 11.9. The summed E-state index contributed by atoms with van der Waals surface area (Å²) in [6, 6.07) is 3.26. The number of carbonyl (C=O) groups is 1. The first-order chi connectivity index (χ1) is 20.8. The Bertz CT molecular complexity index is 1720. The Morgan fingerprint density at radius 2 is 1.89 bits per heavy atom. The molecule has 5 rings (SSSR count). The molecule has 2 aliphatic rings. The van der Waals surface area contributed by atoms with Gasteiger partial charge in [-0.1, -0.05) is 17.4 Å². The van der Waals surface area contributed by atoms with Crippen LogP contribution in [-0.4, -0.2) is 66.1 Å². The van der Waals surface area contributed by atoms with Crippen LogP contribution >= 0.6 is 11.3 Å². The van der Waals surface area contributed by atoms with Crippen LogP contribution < -0.4 is 20.7 Å². The molecule has 3 aromatic rings. The van der Waals surface area contributed by atoms with Crippen LogP contribution in [0.25, 0.3) is 5.57 Å². The number of anilines is 3. The minimum Gasteiger partial charge on any atom is -0.367 e. The lowest BCUT2D eigenvalue weighted by molar-refractivity contribution is -0.138. The summed E-state index contributed by atoms with van der Waals surface area (Å²) in [4.78, 5) is 37.2. The number of piperazine rings is 1. The number of pyridine rings is 1. The zero-order valence-electron chi connectivity index (χ0n) is 23.9. The van der Waals surface area contributed by atoms with E-state index in [-0.39, 0.29) is 36.0 Å². The Morgan fingerprint density at radius 3 is 2.52 bits per heavy atom. The number of aromatic nitrogens is 2. The highest BCUT2D eigenvalue weighted by molar-refractivity contribution is 7.16. The van der Waals surface area contributed by atoms with Gasteiger partial charge in [-0.2, -0.15) is 18.4 Å². The van der Waals surface area contributed by atoms with Gasteiger partial charge in [0.1, 0.15) is 22.5 Å². The van der Waals surface area contributed by atoms with Crippen LogP contribution in [0, 0.1) is 23.0 Å². The van der Waals surface area contributed by atoms with Gasteiger partial charge in [-0.15, -0.1) is 0 Å². The highest BCUT2D eigenvalue weighted by atomic mass is 32.1. The second kappa shape index (κ2) is 12.0. The Balaban J connectivity index is 1.59. The number of aromatic amines is 1. The van der Waals surface area contributed by atoms with Crippen molar-refractivity contribution in [3.63, 3.8) is 0 Å². The summed E-state index contributed by atoms with van der Waals surface area (Å²) in [6.07, 6.45) is -0.958. The molecule has 2 atom stereocenters. The van der Waals surface area contributed by atoms with E-state index in [0.717, 1.165) is 17.4 Å². The van der Waals surface area contributed by atoms with Gasteiger partial charge in [-0.3, -0.25) is 14.5 Å². The number of likely N-dealkylation sites (N-methyl/N-ethyl adjacent to an activating group) is 1. The fourth-order valence-corrected chi connectivity index (χ4v) is 6.23. The van der Waals surface area contributed by atoms with Gasteiger partial charge < -0.3 is 20.1 Å². The third-order valence-corrected chi connectivity index (χ3v) is 8.92. The molecular formula is C29H28F5N7O2S. The molecule has 0 radical (unpaired) electrons. The highest BCUT2D eigenvalue weighted by Crippen LogP contribution is 2.40. The third kappa shape index (κ3) is 6.04. The summed E-state index contributed by atoms with van der Waals surface area (Å²) in [7, 11) is 1.91. The largest absolute Gasteiger partial charge is 0.417 e. The average molecular weight is 634 g/mol. The van der Waals surface area contributed by atoms with E-state index in [9.17, 15) is 22.8 Å². The molecule has 0 saturated carbocycles. The number of hydrogen-bond donors (Lipinski definition) is 2. The summed E-state index contributed by atoms with van der Waals surface area (Å²) >= 11 is 1.13. The Morgan fingerprint density at radius 1 is 1.18 bits per heavy atom. The van der Waals surface area contributed by atoms with Gasteiger partial charge in [-0.05, 0) is 32.9 Å². The first-order valence-corrected chi connectivity index (χ1v) is 14.5. The van der Waals surface area contributed by atoms with Gasteiger partial charge in [-0.25, -0.2) is 13.8 Å². The normalized spacial score (nSPS) is 19.5. The number of amides is 1. The summed E-state index contributed by atoms with van der Waals surface area (Å²) < 4.78 is 73.8. The van der Waals surface area contributed by atoms with Crippen molar-refractivity contribution in [2.75, 3.05) is 48.3 Å². The second-order valence-electron chi connectivity index (χ2n) is 10.8. The quantitative estimate of drug-likeness (QED) is 0.378. The maximum atomic E-state index is 16.6. The van der Waals surface area contributed by atoms with Crippen LogP contribution in [0.4, 0.5) is 38.5 Å². The predicted molar refractivity (Wildman–Crippen MR) is 157 cm³/mol. The van der Waals surface area contributed by atoms with E-state index < -0.39 is 51.7 Å². The third-order valence-electron chi connectivity index (χ3n) is 7.96. The van der Waals surface area contributed by atoms with Crippen LogP contribution in [0.15, 0.2) is 35.4 Å². The minimum atomic E-state index is -5.05. The van der Waals surface area contributed by atoms with Crippen molar-refractivity contribution in [2.24, 2.45) is 0 Å². The standard InChI is InChI=1S/C29H28F5N7O2S/c1-15-12-41(13-16(2)39(15)3)22-8-21(30)24(17-5-4-6-40(14-17)28-37-10-18(9-35)44-28)25(31)26(22)38-27(43)19-11-36-23(42)7-20(19)29(32,33)34/h5,7-8,10-11,15-16H,4,6,12-14H2,1-3H3,(H,36,42)(H,38,43)/t15-,16+. The molecule has 44 heavy (non-hydrogen) atoms. The van der Waals surface area contributed by atoms with Gasteiger partial charge in [0.15, 0.2) is 10.9 Å². The summed E-state index contributed by atoms with van der Waals surface area (Å²) in [5.74, 6) is -3.37. The van der Waals surface area contributed by atoms with E-state index in [2.05, 4.69) is 20.2 Å². The van der Waals surface area contributed by atoms with Gasteiger partial charge in [0, 0.05) is 56.6 Å². The Hall–Kier alpha value is -4.29. The fraction of sp³-hybridized carbons (Fsp3) is 0.379. The lowest BCUT2D eigenvalue weighted by atomic mass is 9.97. The molecule has 2 aromatic heterocycles. The van der Waals surface area contributed by atoms with Crippen LogP contribution in [-0.2, 0) is 6.18 Å². The van der Waals surface area contributed by atoms with Crippen molar-refractivity contribution >= 4 is 39.3 Å². The molecule has 2 N–H and O–H groups in total.